The molecule has 2 rings (SSSR count). The second kappa shape index (κ2) is 8.11. The summed E-state index contributed by atoms with van der Waals surface area (Å²) in [6.07, 6.45) is 4.17. The Balaban J connectivity index is 2.22. The SMILES string of the molecule is CCOCc1nc(NN)cc(N2CCCCC2CCO)n1. The van der Waals surface area contributed by atoms with Crippen molar-refractivity contribution in [3.05, 3.63) is 11.9 Å². The van der Waals surface area contributed by atoms with Crippen LogP contribution in [0.25, 0.3) is 0 Å². The molecule has 1 atom stereocenters. The first-order chi connectivity index (χ1) is 10.3. The summed E-state index contributed by atoms with van der Waals surface area (Å²) in [5, 5.41) is 9.24. The van der Waals surface area contributed by atoms with Gasteiger partial charge in [-0.2, -0.15) is 0 Å². The fourth-order valence-electron chi connectivity index (χ4n) is 2.71. The molecule has 7 heteroatoms. The summed E-state index contributed by atoms with van der Waals surface area (Å²) < 4.78 is 5.38. The molecule has 0 amide bonds. The van der Waals surface area contributed by atoms with Gasteiger partial charge >= 0.3 is 0 Å². The van der Waals surface area contributed by atoms with Gasteiger partial charge in [0.2, 0.25) is 0 Å². The van der Waals surface area contributed by atoms with E-state index in [4.69, 9.17) is 10.6 Å². The average molecular weight is 295 g/mol. The minimum atomic E-state index is 0.194. The van der Waals surface area contributed by atoms with E-state index in [1.807, 2.05) is 13.0 Å². The van der Waals surface area contributed by atoms with E-state index in [1.165, 1.54) is 6.42 Å². The lowest BCUT2D eigenvalue weighted by atomic mass is 9.99. The van der Waals surface area contributed by atoms with Crippen LogP contribution >= 0.6 is 0 Å². The van der Waals surface area contributed by atoms with Crippen LogP contribution in [-0.4, -0.2) is 40.9 Å². The van der Waals surface area contributed by atoms with Crippen LogP contribution < -0.4 is 16.2 Å². The topological polar surface area (TPSA) is 96.5 Å². The molecule has 118 valence electrons. The summed E-state index contributed by atoms with van der Waals surface area (Å²) in [6, 6.07) is 2.18. The van der Waals surface area contributed by atoms with E-state index in [1.54, 1.807) is 0 Å². The monoisotopic (exact) mass is 295 g/mol. The minimum absolute atomic E-state index is 0.194. The zero-order valence-electron chi connectivity index (χ0n) is 12.6. The molecule has 2 heterocycles. The first kappa shape index (κ1) is 15.9. The largest absolute Gasteiger partial charge is 0.396 e. The molecule has 1 aliphatic heterocycles. The highest BCUT2D eigenvalue weighted by Gasteiger charge is 2.24. The number of hydrogen-bond acceptors (Lipinski definition) is 7. The Kier molecular flexibility index (Phi) is 6.16. The number of aromatic nitrogens is 2. The molecular weight excluding hydrogens is 270 g/mol. The Morgan fingerprint density at radius 1 is 1.48 bits per heavy atom. The highest BCUT2D eigenvalue weighted by molar-refractivity contribution is 5.49. The second-order valence-corrected chi connectivity index (χ2v) is 5.16. The first-order valence-corrected chi connectivity index (χ1v) is 7.58. The number of nitrogen functional groups attached to an aromatic ring is 1. The third-order valence-corrected chi connectivity index (χ3v) is 3.73. The lowest BCUT2D eigenvalue weighted by molar-refractivity contribution is 0.128. The van der Waals surface area contributed by atoms with Crippen molar-refractivity contribution in [1.82, 2.24) is 9.97 Å². The third kappa shape index (κ3) is 4.26. The van der Waals surface area contributed by atoms with Crippen molar-refractivity contribution in [3.8, 4) is 0 Å². The molecule has 1 aromatic heterocycles. The van der Waals surface area contributed by atoms with E-state index in [0.717, 1.165) is 31.6 Å². The molecule has 1 aromatic rings. The predicted octanol–water partition coefficient (Wildman–Crippen LogP) is 1.04. The number of nitrogens with zero attached hydrogens (tertiary/aromatic N) is 3. The van der Waals surface area contributed by atoms with Gasteiger partial charge in [-0.1, -0.05) is 0 Å². The maximum Gasteiger partial charge on any atom is 0.158 e. The van der Waals surface area contributed by atoms with Crippen LogP contribution in [0, 0.1) is 0 Å². The standard InChI is InChI=1S/C14H25N5O2/c1-2-21-10-13-16-12(18-15)9-14(17-13)19-7-4-3-5-11(19)6-8-20/h9,11,20H,2-8,10,15H2,1H3,(H,16,17,18). The molecule has 0 saturated carbocycles. The van der Waals surface area contributed by atoms with Crippen LogP contribution in [-0.2, 0) is 11.3 Å². The summed E-state index contributed by atoms with van der Waals surface area (Å²) >= 11 is 0. The fourth-order valence-corrected chi connectivity index (χ4v) is 2.71. The van der Waals surface area contributed by atoms with Gasteiger partial charge in [0, 0.05) is 31.9 Å². The van der Waals surface area contributed by atoms with Gasteiger partial charge in [-0.15, -0.1) is 0 Å². The number of aliphatic hydroxyl groups is 1. The van der Waals surface area contributed by atoms with E-state index in [2.05, 4.69) is 20.3 Å². The van der Waals surface area contributed by atoms with Crippen molar-refractivity contribution in [1.29, 1.82) is 0 Å². The normalized spacial score (nSPS) is 18.8. The molecule has 1 fully saturated rings. The number of nitrogens with two attached hydrogens (primary N) is 1. The summed E-state index contributed by atoms with van der Waals surface area (Å²) in [6.45, 7) is 4.07. The molecule has 0 spiro atoms. The molecule has 21 heavy (non-hydrogen) atoms. The summed E-state index contributed by atoms with van der Waals surface area (Å²) in [5.41, 5.74) is 2.59. The Morgan fingerprint density at radius 3 is 3.05 bits per heavy atom. The van der Waals surface area contributed by atoms with Gasteiger partial charge in [-0.05, 0) is 32.6 Å². The van der Waals surface area contributed by atoms with Crippen molar-refractivity contribution in [2.75, 3.05) is 30.1 Å². The van der Waals surface area contributed by atoms with E-state index in [0.29, 0.717) is 30.9 Å². The molecule has 0 aliphatic carbocycles. The number of piperidine rings is 1. The van der Waals surface area contributed by atoms with Crippen molar-refractivity contribution < 1.29 is 9.84 Å². The quantitative estimate of drug-likeness (QED) is 0.511. The number of aliphatic hydroxyl groups excluding tert-OH is 1. The van der Waals surface area contributed by atoms with Gasteiger partial charge in [0.25, 0.3) is 0 Å². The number of anilines is 2. The third-order valence-electron chi connectivity index (χ3n) is 3.73. The van der Waals surface area contributed by atoms with Gasteiger partial charge in [0.15, 0.2) is 5.82 Å². The summed E-state index contributed by atoms with van der Waals surface area (Å²) in [4.78, 5) is 11.1. The van der Waals surface area contributed by atoms with Gasteiger partial charge in [-0.3, -0.25) is 0 Å². The van der Waals surface area contributed by atoms with Crippen molar-refractivity contribution >= 4 is 11.6 Å². The van der Waals surface area contributed by atoms with Crippen molar-refractivity contribution in [2.24, 2.45) is 5.84 Å². The van der Waals surface area contributed by atoms with Gasteiger partial charge < -0.3 is 20.2 Å². The zero-order valence-corrected chi connectivity index (χ0v) is 12.6. The second-order valence-electron chi connectivity index (χ2n) is 5.16. The van der Waals surface area contributed by atoms with Gasteiger partial charge in [0.1, 0.15) is 18.2 Å². The van der Waals surface area contributed by atoms with Crippen molar-refractivity contribution in [2.45, 2.75) is 45.3 Å². The van der Waals surface area contributed by atoms with E-state index in [-0.39, 0.29) is 6.61 Å². The maximum absolute atomic E-state index is 9.24. The van der Waals surface area contributed by atoms with Crippen LogP contribution in [0.3, 0.4) is 0 Å². The predicted molar refractivity (Wildman–Crippen MR) is 81.9 cm³/mol. The Labute approximate surface area is 125 Å². The fraction of sp³-hybridized carbons (Fsp3) is 0.714. The van der Waals surface area contributed by atoms with E-state index in [9.17, 15) is 5.11 Å². The number of ether oxygens (including phenoxy) is 1. The highest BCUT2D eigenvalue weighted by atomic mass is 16.5. The highest BCUT2D eigenvalue weighted by Crippen LogP contribution is 2.26. The summed E-state index contributed by atoms with van der Waals surface area (Å²) in [7, 11) is 0. The lowest BCUT2D eigenvalue weighted by Gasteiger charge is -2.36. The van der Waals surface area contributed by atoms with E-state index < -0.39 is 0 Å². The molecule has 1 unspecified atom stereocenters. The molecule has 1 saturated heterocycles. The number of rotatable bonds is 7. The molecule has 0 aromatic carbocycles. The Hall–Kier alpha value is -1.44. The van der Waals surface area contributed by atoms with E-state index >= 15 is 0 Å². The van der Waals surface area contributed by atoms with Gasteiger partial charge in [0.05, 0.1) is 0 Å². The minimum Gasteiger partial charge on any atom is -0.396 e. The summed E-state index contributed by atoms with van der Waals surface area (Å²) in [5.74, 6) is 7.56. The zero-order chi connectivity index (χ0) is 15.1. The van der Waals surface area contributed by atoms with Crippen LogP contribution in [0.2, 0.25) is 0 Å². The van der Waals surface area contributed by atoms with Gasteiger partial charge in [-0.25, -0.2) is 15.8 Å². The Bertz CT molecular complexity index is 441. The number of hydrazine groups is 1. The molecule has 1 aliphatic rings. The smallest absolute Gasteiger partial charge is 0.158 e. The number of nitrogens with one attached hydrogen (secondary N) is 1. The lowest BCUT2D eigenvalue weighted by Crippen LogP contribution is -2.41. The van der Waals surface area contributed by atoms with Crippen LogP contribution in [0.5, 0.6) is 0 Å². The van der Waals surface area contributed by atoms with Crippen LogP contribution in [0.1, 0.15) is 38.4 Å². The first-order valence-electron chi connectivity index (χ1n) is 7.58. The average Bonchev–Trinajstić information content (AvgIpc) is 2.53. The molecular formula is C14H25N5O2. The number of hydrogen-bond donors (Lipinski definition) is 3. The molecule has 0 bridgehead atoms. The van der Waals surface area contributed by atoms with Crippen LogP contribution in [0.4, 0.5) is 11.6 Å². The molecule has 7 nitrogen and oxygen atoms in total. The van der Waals surface area contributed by atoms with Crippen molar-refractivity contribution in [3.63, 3.8) is 0 Å². The maximum atomic E-state index is 9.24. The van der Waals surface area contributed by atoms with Crippen LogP contribution in [0.15, 0.2) is 6.07 Å². The molecule has 4 N–H and O–H groups in total. The molecule has 0 radical (unpaired) electrons. The Morgan fingerprint density at radius 2 is 2.33 bits per heavy atom.